The number of ether oxygens (including phenoxy) is 1. The largest absolute Gasteiger partial charge is 0.374 e. The Balaban J connectivity index is 3.10. The molecule has 0 rings (SSSR count). The monoisotopic (exact) mass is 224 g/mol. The summed E-state index contributed by atoms with van der Waals surface area (Å²) in [5.74, 6) is 0. The van der Waals surface area contributed by atoms with Crippen LogP contribution in [0.2, 0.25) is 0 Å². The van der Waals surface area contributed by atoms with Gasteiger partial charge in [0.25, 0.3) is 6.43 Å². The molecule has 15 heavy (non-hydrogen) atoms. The average molecular weight is 224 g/mol. The van der Waals surface area contributed by atoms with Gasteiger partial charge >= 0.3 is 0 Å². The smallest absolute Gasteiger partial charge is 0.261 e. The maximum Gasteiger partial charge on any atom is 0.261 e. The van der Waals surface area contributed by atoms with E-state index in [1.54, 1.807) is 0 Å². The lowest BCUT2D eigenvalue weighted by Gasteiger charge is -2.17. The minimum absolute atomic E-state index is 0.350. The molecule has 1 N–H and O–H groups in total. The van der Waals surface area contributed by atoms with Crippen LogP contribution >= 0.6 is 0 Å². The Kier molecular flexibility index (Phi) is 10.1. The molecule has 0 aromatic carbocycles. The Morgan fingerprint density at radius 1 is 1.20 bits per heavy atom. The van der Waals surface area contributed by atoms with E-state index in [1.165, 1.54) is 0 Å². The van der Waals surface area contributed by atoms with Crippen LogP contribution in [0.15, 0.2) is 0 Å². The number of nitrogens with one attached hydrogen (secondary N) is 1. The van der Waals surface area contributed by atoms with Crippen molar-refractivity contribution in [2.45, 2.75) is 20.3 Å². The Hall–Kier alpha value is -0.260. The molecule has 0 atom stereocenters. The summed E-state index contributed by atoms with van der Waals surface area (Å²) in [6, 6.07) is 0. The summed E-state index contributed by atoms with van der Waals surface area (Å²) in [5, 5.41) is 3.15. The Labute approximate surface area is 90.8 Å². The number of hydrogen-bond acceptors (Lipinski definition) is 3. The lowest BCUT2D eigenvalue weighted by atomic mass is 10.4. The summed E-state index contributed by atoms with van der Waals surface area (Å²) in [6.45, 7) is 8.71. The van der Waals surface area contributed by atoms with Crippen LogP contribution in [0.5, 0.6) is 0 Å². The predicted molar refractivity (Wildman–Crippen MR) is 57.5 cm³/mol. The van der Waals surface area contributed by atoms with E-state index >= 15 is 0 Å². The molecule has 5 heteroatoms. The summed E-state index contributed by atoms with van der Waals surface area (Å²) in [5.41, 5.74) is 0. The first kappa shape index (κ1) is 14.7. The number of nitrogens with zero attached hydrogens (tertiary/aromatic N) is 1. The van der Waals surface area contributed by atoms with Gasteiger partial charge in [0.15, 0.2) is 0 Å². The molecule has 0 radical (unpaired) electrons. The van der Waals surface area contributed by atoms with Gasteiger partial charge in [-0.05, 0) is 13.1 Å². The molecule has 0 amide bonds. The van der Waals surface area contributed by atoms with Gasteiger partial charge in [-0.25, -0.2) is 8.78 Å². The summed E-state index contributed by atoms with van der Waals surface area (Å²) in [4.78, 5) is 2.30. The predicted octanol–water partition coefficient (Wildman–Crippen LogP) is 1.20. The van der Waals surface area contributed by atoms with Crippen molar-refractivity contribution in [2.75, 3.05) is 45.9 Å². The molecule has 0 spiro atoms. The van der Waals surface area contributed by atoms with Gasteiger partial charge < -0.3 is 15.0 Å². The number of hydrogen-bond donors (Lipinski definition) is 1. The molecule has 0 bridgehead atoms. The van der Waals surface area contributed by atoms with E-state index in [2.05, 4.69) is 24.1 Å². The molecule has 3 nitrogen and oxygen atoms in total. The normalized spacial score (nSPS) is 11.6. The third-order valence-corrected chi connectivity index (χ3v) is 2.17. The molecule has 0 heterocycles. The Morgan fingerprint density at radius 3 is 2.40 bits per heavy atom. The van der Waals surface area contributed by atoms with E-state index in [1.807, 2.05) is 0 Å². The van der Waals surface area contributed by atoms with Crippen LogP contribution in [-0.2, 0) is 4.74 Å². The van der Waals surface area contributed by atoms with Crippen LogP contribution in [-0.4, -0.2) is 57.3 Å². The molecule has 0 aromatic rings. The first-order valence-electron chi connectivity index (χ1n) is 5.49. The highest BCUT2D eigenvalue weighted by Gasteiger charge is 2.01. The molecule has 0 saturated heterocycles. The van der Waals surface area contributed by atoms with Crippen molar-refractivity contribution in [3.05, 3.63) is 0 Å². The second-order valence-corrected chi connectivity index (χ2v) is 3.24. The number of alkyl halides is 2. The SMILES string of the molecule is CCN(CC)CCNCCOCC(F)F. The van der Waals surface area contributed by atoms with Gasteiger partial charge in [-0.2, -0.15) is 0 Å². The Bertz CT molecular complexity index is 133. The van der Waals surface area contributed by atoms with E-state index in [-0.39, 0.29) is 0 Å². The minimum atomic E-state index is -2.36. The average Bonchev–Trinajstić information content (AvgIpc) is 2.22. The summed E-state index contributed by atoms with van der Waals surface area (Å²) < 4.78 is 28.0. The van der Waals surface area contributed by atoms with Crippen molar-refractivity contribution in [1.82, 2.24) is 10.2 Å². The third-order valence-electron chi connectivity index (χ3n) is 2.17. The van der Waals surface area contributed by atoms with Crippen LogP contribution in [0.1, 0.15) is 13.8 Å². The molecule has 0 aliphatic heterocycles. The molecule has 0 unspecified atom stereocenters. The highest BCUT2D eigenvalue weighted by molar-refractivity contribution is 4.55. The number of rotatable bonds is 10. The first-order chi connectivity index (χ1) is 7.20. The van der Waals surface area contributed by atoms with Gasteiger partial charge in [-0.3, -0.25) is 0 Å². The summed E-state index contributed by atoms with van der Waals surface area (Å²) in [7, 11) is 0. The molecular formula is C10H22F2N2O. The van der Waals surface area contributed by atoms with Crippen molar-refractivity contribution in [3.8, 4) is 0 Å². The van der Waals surface area contributed by atoms with Crippen molar-refractivity contribution in [1.29, 1.82) is 0 Å². The fourth-order valence-electron chi connectivity index (χ4n) is 1.22. The molecule has 92 valence electrons. The van der Waals surface area contributed by atoms with E-state index in [0.717, 1.165) is 26.2 Å². The quantitative estimate of drug-likeness (QED) is 0.564. The van der Waals surface area contributed by atoms with Crippen LogP contribution in [0, 0.1) is 0 Å². The number of likely N-dealkylation sites (N-methyl/N-ethyl adjacent to an activating group) is 1. The summed E-state index contributed by atoms with van der Waals surface area (Å²) >= 11 is 0. The molecule has 0 aromatic heterocycles. The van der Waals surface area contributed by atoms with E-state index < -0.39 is 13.0 Å². The molecule has 0 fully saturated rings. The molecule has 0 aliphatic rings. The summed E-state index contributed by atoms with van der Waals surface area (Å²) in [6.07, 6.45) is -2.36. The van der Waals surface area contributed by atoms with Crippen molar-refractivity contribution >= 4 is 0 Å². The van der Waals surface area contributed by atoms with Crippen LogP contribution in [0.25, 0.3) is 0 Å². The molecular weight excluding hydrogens is 202 g/mol. The molecule has 0 aliphatic carbocycles. The lowest BCUT2D eigenvalue weighted by molar-refractivity contribution is 0.0187. The third kappa shape index (κ3) is 10.0. The fourth-order valence-corrected chi connectivity index (χ4v) is 1.22. The minimum Gasteiger partial charge on any atom is -0.374 e. The number of halogens is 2. The maximum absolute atomic E-state index is 11.7. The topological polar surface area (TPSA) is 24.5 Å². The van der Waals surface area contributed by atoms with Gasteiger partial charge in [0.05, 0.1) is 6.61 Å². The second-order valence-electron chi connectivity index (χ2n) is 3.24. The van der Waals surface area contributed by atoms with Crippen LogP contribution in [0.4, 0.5) is 8.78 Å². The zero-order valence-corrected chi connectivity index (χ0v) is 9.64. The lowest BCUT2D eigenvalue weighted by Crippen LogP contribution is -2.33. The van der Waals surface area contributed by atoms with E-state index in [4.69, 9.17) is 4.74 Å². The van der Waals surface area contributed by atoms with Crippen molar-refractivity contribution in [3.63, 3.8) is 0 Å². The van der Waals surface area contributed by atoms with Crippen molar-refractivity contribution in [2.24, 2.45) is 0 Å². The maximum atomic E-state index is 11.7. The molecule has 0 saturated carbocycles. The van der Waals surface area contributed by atoms with Gasteiger partial charge in [0.1, 0.15) is 6.61 Å². The van der Waals surface area contributed by atoms with Gasteiger partial charge in [0.2, 0.25) is 0 Å². The van der Waals surface area contributed by atoms with Gasteiger partial charge in [0, 0.05) is 19.6 Å². The van der Waals surface area contributed by atoms with Gasteiger partial charge in [-0.1, -0.05) is 13.8 Å². The fraction of sp³-hybridized carbons (Fsp3) is 1.00. The standard InChI is InChI=1S/C10H22F2N2O/c1-3-14(4-2)7-5-13-6-8-15-9-10(11)12/h10,13H,3-9H2,1-2H3. The van der Waals surface area contributed by atoms with Gasteiger partial charge in [-0.15, -0.1) is 0 Å². The van der Waals surface area contributed by atoms with Crippen molar-refractivity contribution < 1.29 is 13.5 Å². The zero-order chi connectivity index (χ0) is 11.5. The second kappa shape index (κ2) is 10.3. The van der Waals surface area contributed by atoms with Crippen LogP contribution < -0.4 is 5.32 Å². The highest BCUT2D eigenvalue weighted by Crippen LogP contribution is 1.91. The van der Waals surface area contributed by atoms with E-state index in [0.29, 0.717) is 13.2 Å². The zero-order valence-electron chi connectivity index (χ0n) is 9.64. The first-order valence-corrected chi connectivity index (χ1v) is 5.49. The van der Waals surface area contributed by atoms with E-state index in [9.17, 15) is 8.78 Å². The Morgan fingerprint density at radius 2 is 1.87 bits per heavy atom. The van der Waals surface area contributed by atoms with Crippen LogP contribution in [0.3, 0.4) is 0 Å². The highest BCUT2D eigenvalue weighted by atomic mass is 19.3.